The molecule has 0 spiro atoms. The average molecular weight is 422 g/mol. The second-order valence-electron chi connectivity index (χ2n) is 8.05. The van der Waals surface area contributed by atoms with Gasteiger partial charge in [-0.3, -0.25) is 9.20 Å². The Morgan fingerprint density at radius 2 is 2.13 bits per heavy atom. The second kappa shape index (κ2) is 7.88. The van der Waals surface area contributed by atoms with Gasteiger partial charge < -0.3 is 9.88 Å². The SMILES string of the molecule is CCC1CC(N(CCCC(F)(F)F)C(C)=O)CC1c1nnc2cnc3[nH]ccc3n12. The normalized spacial score (nSPS) is 22.2. The van der Waals surface area contributed by atoms with Gasteiger partial charge in [0.2, 0.25) is 5.91 Å². The third-order valence-corrected chi connectivity index (χ3v) is 6.20. The molecule has 1 N–H and O–H groups in total. The minimum Gasteiger partial charge on any atom is -0.345 e. The van der Waals surface area contributed by atoms with Crippen LogP contribution in [0.15, 0.2) is 18.5 Å². The van der Waals surface area contributed by atoms with Gasteiger partial charge >= 0.3 is 6.18 Å². The van der Waals surface area contributed by atoms with Crippen molar-refractivity contribution in [2.75, 3.05) is 6.54 Å². The maximum atomic E-state index is 12.6. The number of nitrogens with one attached hydrogen (secondary N) is 1. The van der Waals surface area contributed by atoms with Gasteiger partial charge in [0.05, 0.1) is 11.7 Å². The Kier molecular flexibility index (Phi) is 5.42. The highest BCUT2D eigenvalue weighted by molar-refractivity contribution is 5.74. The summed E-state index contributed by atoms with van der Waals surface area (Å²) >= 11 is 0. The van der Waals surface area contributed by atoms with Gasteiger partial charge in [-0.25, -0.2) is 4.98 Å². The largest absolute Gasteiger partial charge is 0.389 e. The molecule has 3 aromatic rings. The van der Waals surface area contributed by atoms with Crippen molar-refractivity contribution in [2.45, 2.75) is 64.1 Å². The van der Waals surface area contributed by atoms with Crippen LogP contribution < -0.4 is 0 Å². The van der Waals surface area contributed by atoms with Gasteiger partial charge in [0.1, 0.15) is 5.82 Å². The first kappa shape index (κ1) is 20.6. The van der Waals surface area contributed by atoms with E-state index in [1.54, 1.807) is 11.1 Å². The first-order chi connectivity index (χ1) is 14.3. The number of amides is 1. The van der Waals surface area contributed by atoms with Crippen LogP contribution in [0.25, 0.3) is 16.8 Å². The number of hydrogen-bond donors (Lipinski definition) is 1. The van der Waals surface area contributed by atoms with Crippen molar-refractivity contribution in [1.29, 1.82) is 0 Å². The maximum absolute atomic E-state index is 12.6. The molecule has 0 aliphatic heterocycles. The summed E-state index contributed by atoms with van der Waals surface area (Å²) in [6, 6.07) is 1.83. The van der Waals surface area contributed by atoms with Crippen molar-refractivity contribution in [3.63, 3.8) is 0 Å². The molecule has 0 bridgehead atoms. The molecule has 0 saturated heterocycles. The van der Waals surface area contributed by atoms with Gasteiger partial charge in [0.25, 0.3) is 0 Å². The summed E-state index contributed by atoms with van der Waals surface area (Å²) in [5.74, 6) is 0.986. The molecule has 0 aromatic carbocycles. The molecule has 30 heavy (non-hydrogen) atoms. The fraction of sp³-hybridized carbons (Fsp3) is 0.600. The smallest absolute Gasteiger partial charge is 0.345 e. The van der Waals surface area contributed by atoms with Gasteiger partial charge in [-0.05, 0) is 31.2 Å². The molecule has 3 unspecified atom stereocenters. The minimum absolute atomic E-state index is 0.0694. The standard InChI is InChI=1S/C20H25F3N6O/c1-3-13-9-14(28(12(2)30)8-4-6-20(21,22)23)10-15(13)19-27-26-17-11-25-18-16(29(17)19)5-7-24-18/h5,7,11,13-15,24H,3-4,6,8-10H2,1-2H3. The Bertz CT molecular complexity index is 1040. The zero-order valence-corrected chi connectivity index (χ0v) is 17.0. The van der Waals surface area contributed by atoms with Gasteiger partial charge in [-0.2, -0.15) is 13.2 Å². The van der Waals surface area contributed by atoms with E-state index in [4.69, 9.17) is 0 Å². The van der Waals surface area contributed by atoms with E-state index < -0.39 is 12.6 Å². The fourth-order valence-corrected chi connectivity index (χ4v) is 4.80. The second-order valence-corrected chi connectivity index (χ2v) is 8.05. The number of H-pyrrole nitrogens is 1. The molecule has 1 amide bonds. The Morgan fingerprint density at radius 1 is 1.33 bits per heavy atom. The molecule has 1 aliphatic rings. The van der Waals surface area contributed by atoms with E-state index in [2.05, 4.69) is 27.1 Å². The Morgan fingerprint density at radius 3 is 2.83 bits per heavy atom. The van der Waals surface area contributed by atoms with Crippen LogP contribution in [0.1, 0.15) is 57.7 Å². The number of carbonyl (C=O) groups is 1. The third-order valence-electron chi connectivity index (χ3n) is 6.20. The average Bonchev–Trinajstić information content (AvgIpc) is 3.39. The van der Waals surface area contributed by atoms with Crippen LogP contribution in [-0.2, 0) is 4.79 Å². The van der Waals surface area contributed by atoms with Gasteiger partial charge in [-0.1, -0.05) is 13.3 Å². The molecule has 10 heteroatoms. The summed E-state index contributed by atoms with van der Waals surface area (Å²) < 4.78 is 39.7. The Balaban J connectivity index is 1.60. The van der Waals surface area contributed by atoms with Crippen molar-refractivity contribution in [1.82, 2.24) is 29.5 Å². The molecule has 1 saturated carbocycles. The highest BCUT2D eigenvalue weighted by Crippen LogP contribution is 2.43. The molecule has 7 nitrogen and oxygen atoms in total. The molecular weight excluding hydrogens is 397 g/mol. The Hall–Kier alpha value is -2.65. The van der Waals surface area contributed by atoms with Crippen LogP contribution in [0.4, 0.5) is 13.2 Å². The lowest BCUT2D eigenvalue weighted by Crippen LogP contribution is -2.38. The quantitative estimate of drug-likeness (QED) is 0.650. The molecule has 3 heterocycles. The van der Waals surface area contributed by atoms with E-state index in [1.165, 1.54) is 6.92 Å². The highest BCUT2D eigenvalue weighted by atomic mass is 19.4. The van der Waals surface area contributed by atoms with E-state index in [1.807, 2.05) is 16.7 Å². The van der Waals surface area contributed by atoms with Crippen LogP contribution in [0.3, 0.4) is 0 Å². The van der Waals surface area contributed by atoms with Crippen molar-refractivity contribution in [3.8, 4) is 0 Å². The number of nitrogens with zero attached hydrogens (tertiary/aromatic N) is 5. The van der Waals surface area contributed by atoms with Gasteiger partial charge in [-0.15, -0.1) is 10.2 Å². The lowest BCUT2D eigenvalue weighted by Gasteiger charge is -2.28. The summed E-state index contributed by atoms with van der Waals surface area (Å²) in [6.45, 7) is 3.65. The van der Waals surface area contributed by atoms with E-state index in [0.717, 1.165) is 29.8 Å². The first-order valence-electron chi connectivity index (χ1n) is 10.3. The molecule has 3 aromatic heterocycles. The molecule has 3 atom stereocenters. The van der Waals surface area contributed by atoms with Crippen molar-refractivity contribution in [3.05, 3.63) is 24.3 Å². The Labute approximate surface area is 171 Å². The number of hydrogen-bond acceptors (Lipinski definition) is 4. The summed E-state index contributed by atoms with van der Waals surface area (Å²) in [5, 5.41) is 8.72. The van der Waals surface area contributed by atoms with E-state index in [0.29, 0.717) is 12.1 Å². The van der Waals surface area contributed by atoms with Gasteiger partial charge in [0.15, 0.2) is 11.3 Å². The van der Waals surface area contributed by atoms with Gasteiger partial charge in [0, 0.05) is 38.0 Å². The predicted molar refractivity (Wildman–Crippen MR) is 105 cm³/mol. The fourth-order valence-electron chi connectivity index (χ4n) is 4.80. The number of aromatic amines is 1. The van der Waals surface area contributed by atoms with E-state index >= 15 is 0 Å². The lowest BCUT2D eigenvalue weighted by molar-refractivity contribution is -0.141. The number of carbonyl (C=O) groups excluding carboxylic acids is 1. The monoisotopic (exact) mass is 422 g/mol. The van der Waals surface area contributed by atoms with Crippen LogP contribution in [0, 0.1) is 5.92 Å². The predicted octanol–water partition coefficient (Wildman–Crippen LogP) is 4.07. The summed E-state index contributed by atoms with van der Waals surface area (Å²) in [4.78, 5) is 21.3. The van der Waals surface area contributed by atoms with Crippen LogP contribution >= 0.6 is 0 Å². The maximum Gasteiger partial charge on any atom is 0.389 e. The summed E-state index contributed by atoms with van der Waals surface area (Å²) in [6.07, 6.45) is 0.633. The number of fused-ring (bicyclic) bond motifs is 3. The summed E-state index contributed by atoms with van der Waals surface area (Å²) in [5.41, 5.74) is 2.28. The van der Waals surface area contributed by atoms with Crippen molar-refractivity contribution < 1.29 is 18.0 Å². The summed E-state index contributed by atoms with van der Waals surface area (Å²) in [7, 11) is 0. The molecule has 1 fully saturated rings. The number of aromatic nitrogens is 5. The van der Waals surface area contributed by atoms with Crippen LogP contribution in [-0.4, -0.2) is 54.1 Å². The zero-order valence-electron chi connectivity index (χ0n) is 17.0. The van der Waals surface area contributed by atoms with E-state index in [9.17, 15) is 18.0 Å². The van der Waals surface area contributed by atoms with Crippen LogP contribution in [0.5, 0.6) is 0 Å². The number of alkyl halides is 3. The zero-order chi connectivity index (χ0) is 21.5. The van der Waals surface area contributed by atoms with Crippen molar-refractivity contribution in [2.24, 2.45) is 5.92 Å². The molecule has 0 radical (unpaired) electrons. The molecule has 4 rings (SSSR count). The molecular formula is C20H25F3N6O. The molecule has 162 valence electrons. The topological polar surface area (TPSA) is 79.2 Å². The number of rotatable bonds is 6. The third kappa shape index (κ3) is 3.87. The van der Waals surface area contributed by atoms with E-state index in [-0.39, 0.29) is 36.8 Å². The first-order valence-corrected chi connectivity index (χ1v) is 10.3. The highest BCUT2D eigenvalue weighted by Gasteiger charge is 2.40. The number of halogens is 3. The van der Waals surface area contributed by atoms with Crippen LogP contribution in [0.2, 0.25) is 0 Å². The molecule has 1 aliphatic carbocycles. The minimum atomic E-state index is -4.21. The lowest BCUT2D eigenvalue weighted by atomic mass is 9.93. The van der Waals surface area contributed by atoms with Crippen molar-refractivity contribution >= 4 is 22.7 Å².